The summed E-state index contributed by atoms with van der Waals surface area (Å²) in [6, 6.07) is 5.39. The molecular weight excluding hydrogens is 290 g/mol. The molecule has 6 nitrogen and oxygen atoms in total. The third-order valence-corrected chi connectivity index (χ3v) is 4.68. The van der Waals surface area contributed by atoms with E-state index in [2.05, 4.69) is 5.32 Å². The Labute approximate surface area is 126 Å². The number of rotatable bonds is 2. The minimum Gasteiger partial charge on any atom is -0.342 e. The minimum absolute atomic E-state index is 0.0447. The fourth-order valence-corrected chi connectivity index (χ4v) is 3.22. The van der Waals surface area contributed by atoms with Crippen molar-refractivity contribution < 1.29 is 14.4 Å². The van der Waals surface area contributed by atoms with E-state index >= 15 is 0 Å². The first-order valence-electron chi connectivity index (χ1n) is 6.73. The summed E-state index contributed by atoms with van der Waals surface area (Å²) in [4.78, 5) is 38.9. The zero-order valence-electron chi connectivity index (χ0n) is 11.4. The highest BCUT2D eigenvalue weighted by Crippen LogP contribution is 2.32. The number of carbonyl (C=O) groups is 3. The molecule has 0 bridgehead atoms. The van der Waals surface area contributed by atoms with Crippen LogP contribution in [0.5, 0.6) is 0 Å². The second-order valence-corrected chi connectivity index (χ2v) is 6.00. The Hall–Kier alpha value is -2.02. The Bertz CT molecular complexity index is 597. The summed E-state index contributed by atoms with van der Waals surface area (Å²) in [6.45, 7) is 2.20. The van der Waals surface area contributed by atoms with Crippen molar-refractivity contribution in [1.29, 1.82) is 0 Å². The van der Waals surface area contributed by atoms with Gasteiger partial charge in [0.2, 0.25) is 12.3 Å². The van der Waals surface area contributed by atoms with Gasteiger partial charge in [-0.1, -0.05) is 0 Å². The second kappa shape index (κ2) is 5.77. The lowest BCUT2D eigenvalue weighted by Crippen LogP contribution is -2.48. The van der Waals surface area contributed by atoms with Crippen molar-refractivity contribution in [2.75, 3.05) is 37.2 Å². The average molecular weight is 305 g/mol. The third kappa shape index (κ3) is 2.87. The van der Waals surface area contributed by atoms with E-state index in [1.807, 2.05) is 6.07 Å². The van der Waals surface area contributed by atoms with Crippen LogP contribution >= 0.6 is 11.8 Å². The smallest absolute Gasteiger partial charge is 0.254 e. The van der Waals surface area contributed by atoms with E-state index in [0.29, 0.717) is 43.2 Å². The Kier molecular flexibility index (Phi) is 3.83. The predicted octanol–water partition coefficient (Wildman–Crippen LogP) is 0.645. The van der Waals surface area contributed by atoms with Crippen molar-refractivity contribution in [2.24, 2.45) is 0 Å². The minimum atomic E-state index is -0.0619. The molecule has 0 aromatic heterocycles. The first-order valence-corrected chi connectivity index (χ1v) is 7.71. The van der Waals surface area contributed by atoms with Crippen LogP contribution in [-0.2, 0) is 9.59 Å². The number of carbonyl (C=O) groups excluding carboxylic acids is 3. The number of hydrogen-bond donors (Lipinski definition) is 1. The molecule has 2 heterocycles. The average Bonchev–Trinajstić information content (AvgIpc) is 2.53. The fraction of sp³-hybridized carbons (Fsp3) is 0.357. The zero-order chi connectivity index (χ0) is 14.8. The van der Waals surface area contributed by atoms with Crippen LogP contribution in [0.15, 0.2) is 23.1 Å². The Morgan fingerprint density at radius 3 is 2.71 bits per heavy atom. The van der Waals surface area contributed by atoms with Crippen molar-refractivity contribution >= 4 is 35.7 Å². The molecule has 0 unspecified atom stereocenters. The van der Waals surface area contributed by atoms with Crippen LogP contribution in [0.25, 0.3) is 0 Å². The van der Waals surface area contributed by atoms with Crippen molar-refractivity contribution in [1.82, 2.24) is 9.80 Å². The van der Waals surface area contributed by atoms with E-state index < -0.39 is 0 Å². The molecule has 110 valence electrons. The highest BCUT2D eigenvalue weighted by atomic mass is 32.2. The summed E-state index contributed by atoms with van der Waals surface area (Å²) >= 11 is 1.47. The van der Waals surface area contributed by atoms with E-state index in [-0.39, 0.29) is 11.8 Å². The highest BCUT2D eigenvalue weighted by molar-refractivity contribution is 8.00. The molecule has 3 rings (SSSR count). The van der Waals surface area contributed by atoms with Gasteiger partial charge in [-0.2, -0.15) is 0 Å². The molecule has 1 saturated heterocycles. The van der Waals surface area contributed by atoms with Crippen molar-refractivity contribution in [3.8, 4) is 0 Å². The van der Waals surface area contributed by atoms with Crippen molar-refractivity contribution in [3.63, 3.8) is 0 Å². The first kappa shape index (κ1) is 13.9. The molecule has 3 amide bonds. The number of piperazine rings is 1. The molecule has 21 heavy (non-hydrogen) atoms. The number of amides is 3. The quantitative estimate of drug-likeness (QED) is 0.814. The maximum Gasteiger partial charge on any atom is 0.254 e. The lowest BCUT2D eigenvalue weighted by molar-refractivity contribution is -0.119. The van der Waals surface area contributed by atoms with Crippen LogP contribution in [0.4, 0.5) is 5.69 Å². The van der Waals surface area contributed by atoms with Crippen LogP contribution < -0.4 is 5.32 Å². The second-order valence-electron chi connectivity index (χ2n) is 4.98. The maximum absolute atomic E-state index is 12.5. The van der Waals surface area contributed by atoms with E-state index in [4.69, 9.17) is 0 Å². The summed E-state index contributed by atoms with van der Waals surface area (Å²) < 4.78 is 0. The van der Waals surface area contributed by atoms with E-state index in [9.17, 15) is 14.4 Å². The molecule has 0 spiro atoms. The standard InChI is InChI=1S/C14H15N3O3S/c18-9-16-3-5-17(6-4-16)14(20)10-1-2-12-11(7-10)15-13(19)8-21-12/h1-2,7,9H,3-6,8H2,(H,15,19). The molecule has 1 aromatic carbocycles. The molecule has 1 N–H and O–H groups in total. The number of anilines is 1. The lowest BCUT2D eigenvalue weighted by Gasteiger charge is -2.32. The Morgan fingerprint density at radius 1 is 1.24 bits per heavy atom. The molecule has 0 saturated carbocycles. The molecular formula is C14H15N3O3S. The summed E-state index contributed by atoms with van der Waals surface area (Å²) in [5.41, 5.74) is 1.27. The van der Waals surface area contributed by atoms with Gasteiger partial charge in [-0.05, 0) is 18.2 Å². The van der Waals surface area contributed by atoms with Crippen molar-refractivity contribution in [3.05, 3.63) is 23.8 Å². The molecule has 1 fully saturated rings. The molecule has 1 aromatic rings. The van der Waals surface area contributed by atoms with Crippen LogP contribution in [0, 0.1) is 0 Å². The molecule has 2 aliphatic rings. The number of hydrogen-bond acceptors (Lipinski definition) is 4. The van der Waals surface area contributed by atoms with Gasteiger partial charge in [-0.3, -0.25) is 14.4 Å². The fourth-order valence-electron chi connectivity index (χ4n) is 2.43. The molecule has 0 aliphatic carbocycles. The van der Waals surface area contributed by atoms with E-state index in [0.717, 1.165) is 11.3 Å². The lowest BCUT2D eigenvalue weighted by atomic mass is 10.1. The largest absolute Gasteiger partial charge is 0.342 e. The van der Waals surface area contributed by atoms with Gasteiger partial charge in [0.1, 0.15) is 0 Å². The summed E-state index contributed by atoms with van der Waals surface area (Å²) in [6.07, 6.45) is 0.813. The van der Waals surface area contributed by atoms with Crippen LogP contribution in [0.3, 0.4) is 0 Å². The van der Waals surface area contributed by atoms with E-state index in [1.165, 1.54) is 11.8 Å². The monoisotopic (exact) mass is 305 g/mol. The molecule has 2 aliphatic heterocycles. The molecule has 0 atom stereocenters. The normalized spacial score (nSPS) is 18.0. The van der Waals surface area contributed by atoms with E-state index in [1.54, 1.807) is 21.9 Å². The van der Waals surface area contributed by atoms with Gasteiger partial charge in [0.05, 0.1) is 11.4 Å². The maximum atomic E-state index is 12.5. The van der Waals surface area contributed by atoms with Gasteiger partial charge in [0.15, 0.2) is 0 Å². The number of benzene rings is 1. The van der Waals surface area contributed by atoms with Crippen LogP contribution in [0.1, 0.15) is 10.4 Å². The SMILES string of the molecule is O=CN1CCN(C(=O)c2ccc3c(c2)NC(=O)CS3)CC1. The van der Waals surface area contributed by atoms with Gasteiger partial charge in [-0.15, -0.1) is 11.8 Å². The van der Waals surface area contributed by atoms with Gasteiger partial charge in [-0.25, -0.2) is 0 Å². The summed E-state index contributed by atoms with van der Waals surface area (Å²) in [5, 5.41) is 2.79. The Balaban J connectivity index is 1.75. The van der Waals surface area contributed by atoms with Gasteiger partial charge >= 0.3 is 0 Å². The number of nitrogens with one attached hydrogen (secondary N) is 1. The predicted molar refractivity (Wildman–Crippen MR) is 79.3 cm³/mol. The van der Waals surface area contributed by atoms with Gasteiger partial charge < -0.3 is 15.1 Å². The number of thioether (sulfide) groups is 1. The van der Waals surface area contributed by atoms with Crippen LogP contribution in [0.2, 0.25) is 0 Å². The number of fused-ring (bicyclic) bond motifs is 1. The summed E-state index contributed by atoms with van der Waals surface area (Å²) in [5.74, 6) is 0.304. The van der Waals surface area contributed by atoms with Crippen molar-refractivity contribution in [2.45, 2.75) is 4.90 Å². The zero-order valence-corrected chi connectivity index (χ0v) is 12.2. The topological polar surface area (TPSA) is 69.7 Å². The van der Waals surface area contributed by atoms with Gasteiger partial charge in [0.25, 0.3) is 5.91 Å². The first-order chi connectivity index (χ1) is 10.2. The van der Waals surface area contributed by atoms with Crippen LogP contribution in [-0.4, -0.2) is 60.0 Å². The summed E-state index contributed by atoms with van der Waals surface area (Å²) in [7, 11) is 0. The molecule has 7 heteroatoms. The van der Waals surface area contributed by atoms with Gasteiger partial charge in [0, 0.05) is 36.6 Å². The highest BCUT2D eigenvalue weighted by Gasteiger charge is 2.23. The Morgan fingerprint density at radius 2 is 2.00 bits per heavy atom. The third-order valence-electron chi connectivity index (χ3n) is 3.61. The number of nitrogens with zero attached hydrogens (tertiary/aromatic N) is 2. The molecule has 0 radical (unpaired) electrons.